The summed E-state index contributed by atoms with van der Waals surface area (Å²) in [5.74, 6) is 0. The van der Waals surface area contributed by atoms with E-state index >= 15 is 0 Å². The lowest BCUT2D eigenvalue weighted by molar-refractivity contribution is 0.345. The maximum Gasteiger partial charge on any atom is 0.262 e. The van der Waals surface area contributed by atoms with Crippen LogP contribution in [0.25, 0.3) is 0 Å². The Bertz CT molecular complexity index is 545. The first-order valence-electron chi connectivity index (χ1n) is 7.20. The zero-order valence-electron chi connectivity index (χ0n) is 12.4. The summed E-state index contributed by atoms with van der Waals surface area (Å²) < 4.78 is 26.9. The highest BCUT2D eigenvalue weighted by atomic mass is 32.2. The molecule has 2 heterocycles. The molecular weight excluding hydrogens is 276 g/mol. The molecule has 2 rings (SSSR count). The van der Waals surface area contributed by atoms with Crippen LogP contribution in [0.3, 0.4) is 0 Å². The minimum Gasteiger partial charge on any atom is -0.310 e. The summed E-state index contributed by atoms with van der Waals surface area (Å²) >= 11 is 0. The number of aromatic amines is 1. The van der Waals surface area contributed by atoms with Gasteiger partial charge in [-0.1, -0.05) is 20.3 Å². The van der Waals surface area contributed by atoms with E-state index in [1.54, 1.807) is 4.31 Å². The minimum absolute atomic E-state index is 0.185. The average molecular weight is 300 g/mol. The predicted octanol–water partition coefficient (Wildman–Crippen LogP) is 1.39. The molecule has 0 amide bonds. The standard InChI is InChI=1S/C13H24N4O2S/c1-10(2)14-9-12-11(3)15-16-13(12)20(18,19)17-7-5-4-6-8-17/h10,14H,4-9H2,1-3H3,(H,15,16). The molecule has 0 bridgehead atoms. The smallest absolute Gasteiger partial charge is 0.262 e. The first-order chi connectivity index (χ1) is 9.43. The second-order valence-corrected chi connectivity index (χ2v) is 7.49. The summed E-state index contributed by atoms with van der Waals surface area (Å²) in [6.07, 6.45) is 2.97. The lowest BCUT2D eigenvalue weighted by Crippen LogP contribution is -2.36. The summed E-state index contributed by atoms with van der Waals surface area (Å²) in [6, 6.07) is 0.301. The Kier molecular flexibility index (Phi) is 4.82. The number of aryl methyl sites for hydroxylation is 1. The molecule has 0 radical (unpaired) electrons. The van der Waals surface area contributed by atoms with E-state index in [2.05, 4.69) is 15.5 Å². The van der Waals surface area contributed by atoms with Gasteiger partial charge in [0.1, 0.15) is 0 Å². The van der Waals surface area contributed by atoms with E-state index < -0.39 is 10.0 Å². The molecule has 1 saturated heterocycles. The Hall–Kier alpha value is -0.920. The third-order valence-corrected chi connectivity index (χ3v) is 5.49. The molecule has 114 valence electrons. The molecule has 1 fully saturated rings. The first-order valence-corrected chi connectivity index (χ1v) is 8.64. The molecule has 0 unspecified atom stereocenters. The number of rotatable bonds is 5. The van der Waals surface area contributed by atoms with E-state index in [0.717, 1.165) is 30.5 Å². The average Bonchev–Trinajstić information content (AvgIpc) is 2.79. The van der Waals surface area contributed by atoms with Gasteiger partial charge in [-0.15, -0.1) is 0 Å². The van der Waals surface area contributed by atoms with Gasteiger partial charge in [0, 0.05) is 36.9 Å². The fourth-order valence-corrected chi connectivity index (χ4v) is 4.07. The highest BCUT2D eigenvalue weighted by Crippen LogP contribution is 2.23. The topological polar surface area (TPSA) is 78.1 Å². The number of nitrogens with zero attached hydrogens (tertiary/aromatic N) is 2. The van der Waals surface area contributed by atoms with Crippen molar-refractivity contribution in [2.75, 3.05) is 13.1 Å². The molecule has 6 nitrogen and oxygen atoms in total. The summed E-state index contributed by atoms with van der Waals surface area (Å²) in [5.41, 5.74) is 1.57. The molecule has 0 aromatic carbocycles. The van der Waals surface area contributed by atoms with Crippen molar-refractivity contribution in [3.05, 3.63) is 11.3 Å². The van der Waals surface area contributed by atoms with Crippen LogP contribution in [0.1, 0.15) is 44.4 Å². The molecule has 1 aliphatic heterocycles. The number of piperidine rings is 1. The number of sulfonamides is 1. The van der Waals surface area contributed by atoms with Crippen molar-refractivity contribution < 1.29 is 8.42 Å². The van der Waals surface area contributed by atoms with E-state index in [0.29, 0.717) is 25.7 Å². The lowest BCUT2D eigenvalue weighted by atomic mass is 10.2. The van der Waals surface area contributed by atoms with Gasteiger partial charge in [0.15, 0.2) is 5.03 Å². The number of aromatic nitrogens is 2. The zero-order valence-corrected chi connectivity index (χ0v) is 13.3. The van der Waals surface area contributed by atoms with Gasteiger partial charge in [0.05, 0.1) is 0 Å². The summed E-state index contributed by atoms with van der Waals surface area (Å²) in [6.45, 7) is 7.65. The Morgan fingerprint density at radius 2 is 1.95 bits per heavy atom. The van der Waals surface area contributed by atoms with Crippen molar-refractivity contribution in [2.45, 2.75) is 57.6 Å². The number of nitrogens with one attached hydrogen (secondary N) is 2. The third-order valence-electron chi connectivity index (χ3n) is 3.62. The van der Waals surface area contributed by atoms with Crippen LogP contribution in [0.5, 0.6) is 0 Å². The van der Waals surface area contributed by atoms with Crippen molar-refractivity contribution in [3.8, 4) is 0 Å². The van der Waals surface area contributed by atoms with Gasteiger partial charge >= 0.3 is 0 Å². The van der Waals surface area contributed by atoms with Crippen molar-refractivity contribution in [1.29, 1.82) is 0 Å². The van der Waals surface area contributed by atoms with Crippen LogP contribution in [0.4, 0.5) is 0 Å². The van der Waals surface area contributed by atoms with Crippen LogP contribution in [-0.4, -0.2) is 42.1 Å². The number of H-pyrrole nitrogens is 1. The van der Waals surface area contributed by atoms with Crippen LogP contribution >= 0.6 is 0 Å². The summed E-state index contributed by atoms with van der Waals surface area (Å²) in [5, 5.41) is 10.3. The Morgan fingerprint density at radius 1 is 1.30 bits per heavy atom. The highest BCUT2D eigenvalue weighted by Gasteiger charge is 2.31. The van der Waals surface area contributed by atoms with Crippen molar-refractivity contribution in [1.82, 2.24) is 19.8 Å². The maximum absolute atomic E-state index is 12.7. The van der Waals surface area contributed by atoms with Gasteiger partial charge in [-0.2, -0.15) is 9.40 Å². The van der Waals surface area contributed by atoms with Crippen LogP contribution in [0.2, 0.25) is 0 Å². The molecule has 20 heavy (non-hydrogen) atoms. The Morgan fingerprint density at radius 3 is 2.55 bits per heavy atom. The highest BCUT2D eigenvalue weighted by molar-refractivity contribution is 7.89. The van der Waals surface area contributed by atoms with E-state index in [9.17, 15) is 8.42 Å². The predicted molar refractivity (Wildman–Crippen MR) is 77.9 cm³/mol. The largest absolute Gasteiger partial charge is 0.310 e. The van der Waals surface area contributed by atoms with Crippen LogP contribution in [0.15, 0.2) is 5.03 Å². The second kappa shape index (κ2) is 6.24. The molecule has 1 aliphatic rings. The molecule has 0 aliphatic carbocycles. The number of hydrogen-bond acceptors (Lipinski definition) is 4. The van der Waals surface area contributed by atoms with E-state index in [-0.39, 0.29) is 5.03 Å². The zero-order chi connectivity index (χ0) is 14.8. The number of hydrogen-bond donors (Lipinski definition) is 2. The van der Waals surface area contributed by atoms with Crippen molar-refractivity contribution in [3.63, 3.8) is 0 Å². The Labute approximate surface area is 121 Å². The van der Waals surface area contributed by atoms with Crippen molar-refractivity contribution >= 4 is 10.0 Å². The van der Waals surface area contributed by atoms with Crippen molar-refractivity contribution in [2.24, 2.45) is 0 Å². The molecule has 2 N–H and O–H groups in total. The van der Waals surface area contributed by atoms with Gasteiger partial charge in [0.25, 0.3) is 10.0 Å². The quantitative estimate of drug-likeness (QED) is 0.861. The first kappa shape index (κ1) is 15.5. The molecule has 0 spiro atoms. The maximum atomic E-state index is 12.7. The van der Waals surface area contributed by atoms with E-state index in [1.807, 2.05) is 20.8 Å². The van der Waals surface area contributed by atoms with E-state index in [1.165, 1.54) is 0 Å². The van der Waals surface area contributed by atoms with E-state index in [4.69, 9.17) is 0 Å². The molecule has 1 aromatic rings. The monoisotopic (exact) mass is 300 g/mol. The molecular formula is C13H24N4O2S. The Balaban J connectivity index is 2.27. The fourth-order valence-electron chi connectivity index (χ4n) is 2.39. The van der Waals surface area contributed by atoms with Gasteiger partial charge in [-0.3, -0.25) is 5.10 Å². The normalized spacial score (nSPS) is 17.8. The molecule has 7 heteroatoms. The van der Waals surface area contributed by atoms with Crippen LogP contribution in [-0.2, 0) is 16.6 Å². The van der Waals surface area contributed by atoms with Gasteiger partial charge in [-0.05, 0) is 19.8 Å². The minimum atomic E-state index is -3.47. The molecule has 0 saturated carbocycles. The van der Waals surface area contributed by atoms with Crippen LogP contribution in [0, 0.1) is 6.92 Å². The molecule has 0 atom stereocenters. The summed E-state index contributed by atoms with van der Waals surface area (Å²) in [7, 11) is -3.47. The van der Waals surface area contributed by atoms with Gasteiger partial charge in [0.2, 0.25) is 0 Å². The third kappa shape index (κ3) is 3.21. The fraction of sp³-hybridized carbons (Fsp3) is 0.769. The van der Waals surface area contributed by atoms with Gasteiger partial charge < -0.3 is 5.32 Å². The van der Waals surface area contributed by atoms with Gasteiger partial charge in [-0.25, -0.2) is 8.42 Å². The van der Waals surface area contributed by atoms with Crippen LogP contribution < -0.4 is 5.32 Å². The summed E-state index contributed by atoms with van der Waals surface area (Å²) in [4.78, 5) is 0. The lowest BCUT2D eigenvalue weighted by Gasteiger charge is -2.25. The molecule has 1 aromatic heterocycles. The SMILES string of the molecule is Cc1[nH]nc(S(=O)(=O)N2CCCCC2)c1CNC(C)C. The second-order valence-electron chi connectivity index (χ2n) is 5.63.